The first-order chi connectivity index (χ1) is 1.73. The van der Waals surface area contributed by atoms with Gasteiger partial charge in [-0.3, -0.25) is 0 Å². The van der Waals surface area contributed by atoms with E-state index in [0.29, 0.717) is 0 Å². The molecule has 0 radical (unpaired) electrons. The van der Waals surface area contributed by atoms with Gasteiger partial charge in [-0.15, -0.1) is 0 Å². The Morgan fingerprint density at radius 2 is 1.40 bits per heavy atom. The molecule has 0 amide bonds. The monoisotopic (exact) mass is 167 g/mol. The Morgan fingerprint density at radius 3 is 1.40 bits per heavy atom. The Kier molecular flexibility index (Phi) is 10.7. The van der Waals surface area contributed by atoms with Crippen molar-refractivity contribution in [2.75, 3.05) is 0 Å². The maximum atomic E-state index is 8.48. The Bertz CT molecular complexity index is 29.9. The second-order valence-electron chi connectivity index (χ2n) is 0.224. The normalized spacial score (nSPS) is 5.20. The van der Waals surface area contributed by atoms with Crippen molar-refractivity contribution in [3.05, 3.63) is 0 Å². The summed E-state index contributed by atoms with van der Waals surface area (Å²) in [6, 6.07) is 0. The second-order valence-corrected chi connectivity index (χ2v) is 0.671. The van der Waals surface area contributed by atoms with Gasteiger partial charge in [-0.1, -0.05) is 4.57 Å². The van der Waals surface area contributed by atoms with Gasteiger partial charge in [0.05, 0.1) is 0 Å². The van der Waals surface area contributed by atoms with Crippen LogP contribution in [0.4, 0.5) is 0 Å². The first-order valence-electron chi connectivity index (χ1n) is 0.548. The molecule has 5 heavy (non-hydrogen) atoms. The van der Waals surface area contributed by atoms with Gasteiger partial charge in [0.1, 0.15) is 0 Å². The van der Waals surface area contributed by atoms with Crippen LogP contribution in [-0.2, 0) is 4.57 Å². The standard InChI is InChI=1S/HO3P.Sr/c1-4(2)3;/h(H,1,2,3);/q;+2/p-1. The van der Waals surface area contributed by atoms with Gasteiger partial charge in [-0.05, 0) is 0 Å². The van der Waals surface area contributed by atoms with Crippen molar-refractivity contribution in [1.82, 2.24) is 0 Å². The first kappa shape index (κ1) is 9.71. The van der Waals surface area contributed by atoms with Crippen LogP contribution in [-0.4, -0.2) is 45.5 Å². The van der Waals surface area contributed by atoms with E-state index in [-0.39, 0.29) is 45.5 Å². The number of hydrogen-bond acceptors (Lipinski definition) is 3. The fourth-order valence-electron chi connectivity index (χ4n) is 0. The van der Waals surface area contributed by atoms with Crippen molar-refractivity contribution >= 4 is 53.7 Å². The van der Waals surface area contributed by atoms with Crippen molar-refractivity contribution in [1.29, 1.82) is 0 Å². The molecule has 24 valence electrons. The van der Waals surface area contributed by atoms with E-state index in [4.69, 9.17) is 14.4 Å². The van der Waals surface area contributed by atoms with Crippen molar-refractivity contribution in [3.63, 3.8) is 0 Å². The molecule has 0 fully saturated rings. The van der Waals surface area contributed by atoms with Gasteiger partial charge in [0.2, 0.25) is 0 Å². The van der Waals surface area contributed by atoms with E-state index in [0.717, 1.165) is 0 Å². The van der Waals surface area contributed by atoms with Crippen molar-refractivity contribution in [2.24, 2.45) is 0 Å². The zero-order valence-corrected chi connectivity index (χ0v) is 6.75. The summed E-state index contributed by atoms with van der Waals surface area (Å²) in [7, 11) is -3.37. The summed E-state index contributed by atoms with van der Waals surface area (Å²) >= 11 is 0. The van der Waals surface area contributed by atoms with Crippen LogP contribution in [0.5, 0.6) is 0 Å². The van der Waals surface area contributed by atoms with Crippen LogP contribution in [0.25, 0.3) is 0 Å². The Hall–Kier alpha value is 1.50. The van der Waals surface area contributed by atoms with E-state index < -0.39 is 8.25 Å². The molecule has 5 heteroatoms. The molecule has 0 aromatic carbocycles. The average Bonchev–Trinajstić information content (AvgIpc) is 0.811. The van der Waals surface area contributed by atoms with E-state index in [1.54, 1.807) is 0 Å². The first-order valence-corrected chi connectivity index (χ1v) is 1.64. The summed E-state index contributed by atoms with van der Waals surface area (Å²) in [4.78, 5) is 17.0. The maximum absolute atomic E-state index is 8.48. The molecule has 3 nitrogen and oxygen atoms in total. The molecule has 0 aromatic heterocycles. The van der Waals surface area contributed by atoms with Gasteiger partial charge >= 0.3 is 45.5 Å². The molecule has 0 heterocycles. The van der Waals surface area contributed by atoms with Crippen molar-refractivity contribution in [3.8, 4) is 0 Å². The quantitative estimate of drug-likeness (QED) is 0.309. The van der Waals surface area contributed by atoms with E-state index >= 15 is 0 Å². The SMILES string of the molecule is O=[P+]([O-])[O-].[Sr+2]. The molecule has 0 N–H and O–H groups in total. The van der Waals surface area contributed by atoms with Gasteiger partial charge in [-0.25, -0.2) is 0 Å². The molecule has 0 rings (SSSR count). The third-order valence-corrected chi connectivity index (χ3v) is 0. The molecule has 0 spiro atoms. The minimum Gasteiger partial charge on any atom is -0.598 e. The van der Waals surface area contributed by atoms with Gasteiger partial charge in [0, 0.05) is 0 Å². The summed E-state index contributed by atoms with van der Waals surface area (Å²) in [6.45, 7) is 0. The Labute approximate surface area is 67.2 Å². The fraction of sp³-hybridized carbons (Fsp3) is 0. The smallest absolute Gasteiger partial charge is 0.598 e. The zero-order valence-electron chi connectivity index (χ0n) is 2.38. The molecular formula is O3PSr+. The summed E-state index contributed by atoms with van der Waals surface area (Å²) in [6.07, 6.45) is 0. The molecule has 0 saturated heterocycles. The molecule has 0 aliphatic heterocycles. The van der Waals surface area contributed by atoms with E-state index in [9.17, 15) is 0 Å². The van der Waals surface area contributed by atoms with Crippen LogP contribution in [0, 0.1) is 0 Å². The Balaban J connectivity index is 0. The second kappa shape index (κ2) is 5.50. The molecule has 0 aliphatic rings. The Morgan fingerprint density at radius 1 is 1.40 bits per heavy atom. The minimum atomic E-state index is -3.37. The molecule has 0 aromatic rings. The van der Waals surface area contributed by atoms with Gasteiger partial charge in [-0.2, -0.15) is 0 Å². The van der Waals surface area contributed by atoms with Gasteiger partial charge in [0.25, 0.3) is 8.25 Å². The van der Waals surface area contributed by atoms with E-state index in [1.807, 2.05) is 0 Å². The van der Waals surface area contributed by atoms with Gasteiger partial charge in [0.15, 0.2) is 0 Å². The summed E-state index contributed by atoms with van der Waals surface area (Å²) < 4.78 is 8.48. The van der Waals surface area contributed by atoms with E-state index in [2.05, 4.69) is 0 Å². The molecular weight excluding hydrogens is 167 g/mol. The summed E-state index contributed by atoms with van der Waals surface area (Å²) in [5.74, 6) is 0. The molecule has 0 unspecified atom stereocenters. The van der Waals surface area contributed by atoms with E-state index in [1.165, 1.54) is 0 Å². The third-order valence-electron chi connectivity index (χ3n) is 0. The average molecular weight is 167 g/mol. The largest absolute Gasteiger partial charge is 2.00 e. The zero-order chi connectivity index (χ0) is 3.58. The number of hydrogen-bond donors (Lipinski definition) is 0. The van der Waals surface area contributed by atoms with Crippen LogP contribution < -0.4 is 9.79 Å². The van der Waals surface area contributed by atoms with Crippen LogP contribution in [0.1, 0.15) is 0 Å². The third kappa shape index (κ3) is 29.9. The fourth-order valence-corrected chi connectivity index (χ4v) is 0. The molecule has 0 atom stereocenters. The van der Waals surface area contributed by atoms with Crippen molar-refractivity contribution in [2.45, 2.75) is 0 Å². The van der Waals surface area contributed by atoms with Crippen molar-refractivity contribution < 1.29 is 14.4 Å². The maximum Gasteiger partial charge on any atom is 2.00 e. The summed E-state index contributed by atoms with van der Waals surface area (Å²) in [5, 5.41) is 0. The number of rotatable bonds is 0. The van der Waals surface area contributed by atoms with Gasteiger partial charge < -0.3 is 9.79 Å². The summed E-state index contributed by atoms with van der Waals surface area (Å²) in [5.41, 5.74) is 0. The molecule has 0 aliphatic carbocycles. The van der Waals surface area contributed by atoms with Crippen LogP contribution in [0.3, 0.4) is 0 Å². The minimum absolute atomic E-state index is 0. The predicted octanol–water partition coefficient (Wildman–Crippen LogP) is -2.02. The van der Waals surface area contributed by atoms with Crippen LogP contribution in [0.2, 0.25) is 0 Å². The predicted molar refractivity (Wildman–Crippen MR) is 13.4 cm³/mol. The topological polar surface area (TPSA) is 63.2 Å². The molecule has 0 saturated carbocycles. The van der Waals surface area contributed by atoms with Crippen LogP contribution >= 0.6 is 8.25 Å². The van der Waals surface area contributed by atoms with Crippen LogP contribution in [0.15, 0.2) is 0 Å². The molecule has 0 bridgehead atoms.